The van der Waals surface area contributed by atoms with Crippen LogP contribution in [0, 0.1) is 12.8 Å². The first-order chi connectivity index (χ1) is 11.0. The maximum Gasteiger partial charge on any atom is 0.314 e. The van der Waals surface area contributed by atoms with Crippen molar-refractivity contribution in [1.82, 2.24) is 10.6 Å². The number of rotatable bonds is 6. The summed E-state index contributed by atoms with van der Waals surface area (Å²) < 4.78 is 5.83. The predicted octanol–water partition coefficient (Wildman–Crippen LogP) is 2.61. The molecule has 1 aliphatic rings. The van der Waals surface area contributed by atoms with Gasteiger partial charge < -0.3 is 20.5 Å². The van der Waals surface area contributed by atoms with Gasteiger partial charge in [-0.15, -0.1) is 0 Å². The first-order valence-corrected chi connectivity index (χ1v) is 8.46. The Morgan fingerprint density at radius 3 is 2.87 bits per heavy atom. The summed E-state index contributed by atoms with van der Waals surface area (Å²) in [6, 6.07) is 7.67. The Morgan fingerprint density at radius 2 is 2.13 bits per heavy atom. The Kier molecular flexibility index (Phi) is 6.71. The molecule has 1 fully saturated rings. The molecule has 3 N–H and O–H groups in total. The van der Waals surface area contributed by atoms with Gasteiger partial charge in [0.05, 0.1) is 12.6 Å². The molecule has 128 valence electrons. The van der Waals surface area contributed by atoms with E-state index in [1.54, 1.807) is 0 Å². The van der Waals surface area contributed by atoms with Gasteiger partial charge in [-0.2, -0.15) is 0 Å². The molecule has 5 heteroatoms. The van der Waals surface area contributed by atoms with E-state index >= 15 is 0 Å². The van der Waals surface area contributed by atoms with E-state index in [4.69, 9.17) is 4.74 Å². The van der Waals surface area contributed by atoms with Crippen molar-refractivity contribution in [3.8, 4) is 5.75 Å². The van der Waals surface area contributed by atoms with Gasteiger partial charge in [0, 0.05) is 6.54 Å². The van der Waals surface area contributed by atoms with Gasteiger partial charge in [-0.25, -0.2) is 4.79 Å². The third kappa shape index (κ3) is 6.10. The molecule has 0 aliphatic heterocycles. The van der Waals surface area contributed by atoms with Crippen LogP contribution >= 0.6 is 0 Å². The second-order valence-electron chi connectivity index (χ2n) is 6.47. The Balaban J connectivity index is 1.64. The highest BCUT2D eigenvalue weighted by Crippen LogP contribution is 2.23. The topological polar surface area (TPSA) is 70.6 Å². The van der Waals surface area contributed by atoms with Crippen LogP contribution in [0.2, 0.25) is 0 Å². The van der Waals surface area contributed by atoms with Gasteiger partial charge in [-0.05, 0) is 50.7 Å². The number of benzene rings is 1. The quantitative estimate of drug-likeness (QED) is 0.754. The van der Waals surface area contributed by atoms with Crippen LogP contribution in [0.3, 0.4) is 0 Å². The van der Waals surface area contributed by atoms with E-state index in [9.17, 15) is 9.90 Å². The van der Waals surface area contributed by atoms with E-state index in [1.807, 2.05) is 38.1 Å². The van der Waals surface area contributed by atoms with Crippen molar-refractivity contribution in [2.24, 2.45) is 5.92 Å². The fraction of sp³-hybridized carbons (Fsp3) is 0.611. The second-order valence-corrected chi connectivity index (χ2v) is 6.47. The minimum Gasteiger partial charge on any atom is -0.489 e. The highest BCUT2D eigenvalue weighted by atomic mass is 16.5. The Hall–Kier alpha value is -1.75. The van der Waals surface area contributed by atoms with Gasteiger partial charge in [-0.1, -0.05) is 24.6 Å². The molecule has 0 bridgehead atoms. The molecule has 23 heavy (non-hydrogen) atoms. The smallest absolute Gasteiger partial charge is 0.314 e. The molecule has 0 saturated heterocycles. The van der Waals surface area contributed by atoms with Gasteiger partial charge >= 0.3 is 6.03 Å². The summed E-state index contributed by atoms with van der Waals surface area (Å²) in [7, 11) is 0. The molecule has 0 radical (unpaired) electrons. The molecule has 2 rings (SSSR count). The van der Waals surface area contributed by atoms with Gasteiger partial charge in [-0.3, -0.25) is 0 Å². The number of carbonyl (C=O) groups excluding carboxylic acids is 1. The molecule has 1 aromatic carbocycles. The number of hydrogen-bond donors (Lipinski definition) is 3. The number of hydrogen-bond acceptors (Lipinski definition) is 3. The van der Waals surface area contributed by atoms with Crippen LogP contribution in [-0.4, -0.2) is 36.4 Å². The van der Waals surface area contributed by atoms with Crippen LogP contribution in [0.25, 0.3) is 0 Å². The summed E-state index contributed by atoms with van der Waals surface area (Å²) in [5.74, 6) is 1.23. The molecule has 3 unspecified atom stereocenters. The molecule has 0 heterocycles. The largest absolute Gasteiger partial charge is 0.489 e. The van der Waals surface area contributed by atoms with Crippen molar-refractivity contribution in [3.63, 3.8) is 0 Å². The third-order valence-electron chi connectivity index (χ3n) is 4.28. The van der Waals surface area contributed by atoms with E-state index in [0.717, 1.165) is 37.0 Å². The maximum atomic E-state index is 11.9. The molecule has 5 nitrogen and oxygen atoms in total. The predicted molar refractivity (Wildman–Crippen MR) is 90.6 cm³/mol. The molecular weight excluding hydrogens is 292 g/mol. The normalized spacial score (nSPS) is 22.2. The van der Waals surface area contributed by atoms with Crippen LogP contribution in [0.5, 0.6) is 5.75 Å². The molecule has 3 atom stereocenters. The van der Waals surface area contributed by atoms with E-state index < -0.39 is 0 Å². The zero-order chi connectivity index (χ0) is 16.7. The third-order valence-corrected chi connectivity index (χ3v) is 4.28. The average Bonchev–Trinajstić information content (AvgIpc) is 2.53. The summed E-state index contributed by atoms with van der Waals surface area (Å²) in [6.45, 7) is 5.01. The average molecular weight is 320 g/mol. The number of nitrogens with one attached hydrogen (secondary N) is 2. The Morgan fingerprint density at radius 1 is 1.35 bits per heavy atom. The van der Waals surface area contributed by atoms with Gasteiger partial charge in [0.25, 0.3) is 0 Å². The number of amides is 2. The van der Waals surface area contributed by atoms with Crippen molar-refractivity contribution >= 4 is 6.03 Å². The molecule has 1 aromatic rings. The zero-order valence-electron chi connectivity index (χ0n) is 14.0. The standard InChI is InChI=1S/C18H28N2O3/c1-13-6-3-4-9-17(13)23-14(2)11-19-18(22)20-12-15-7-5-8-16(21)10-15/h3-4,6,9,14-16,21H,5,7-8,10-12H2,1-2H3,(H2,19,20,22). The molecular formula is C18H28N2O3. The van der Waals surface area contributed by atoms with Crippen LogP contribution in [0.4, 0.5) is 4.79 Å². The van der Waals surface area contributed by atoms with Crippen molar-refractivity contribution in [3.05, 3.63) is 29.8 Å². The fourth-order valence-electron chi connectivity index (χ4n) is 2.93. The molecule has 1 saturated carbocycles. The van der Waals surface area contributed by atoms with E-state index in [1.165, 1.54) is 0 Å². The van der Waals surface area contributed by atoms with Crippen molar-refractivity contribution in [2.45, 2.75) is 51.7 Å². The number of aliphatic hydroxyl groups is 1. The maximum absolute atomic E-state index is 11.9. The lowest BCUT2D eigenvalue weighted by Crippen LogP contribution is -2.42. The minimum absolute atomic E-state index is 0.0987. The summed E-state index contributed by atoms with van der Waals surface area (Å²) in [5, 5.41) is 15.4. The fourth-order valence-corrected chi connectivity index (χ4v) is 2.93. The second kappa shape index (κ2) is 8.77. The number of urea groups is 1. The van der Waals surface area contributed by atoms with Gasteiger partial charge in [0.15, 0.2) is 0 Å². The Labute approximate surface area is 138 Å². The first-order valence-electron chi connectivity index (χ1n) is 8.46. The molecule has 2 amide bonds. The summed E-state index contributed by atoms with van der Waals surface area (Å²) in [6.07, 6.45) is 3.48. The molecule has 0 spiro atoms. The highest BCUT2D eigenvalue weighted by molar-refractivity contribution is 5.73. The molecule has 0 aromatic heterocycles. The number of carbonyl (C=O) groups is 1. The SMILES string of the molecule is Cc1ccccc1OC(C)CNC(=O)NCC1CCCC(O)C1. The lowest BCUT2D eigenvalue weighted by molar-refractivity contribution is 0.101. The van der Waals surface area contributed by atoms with Crippen LogP contribution in [-0.2, 0) is 0 Å². The number of aliphatic hydroxyl groups excluding tert-OH is 1. The number of aryl methyl sites for hydroxylation is 1. The van der Waals surface area contributed by atoms with E-state index in [0.29, 0.717) is 19.0 Å². The summed E-state index contributed by atoms with van der Waals surface area (Å²) in [4.78, 5) is 11.9. The Bertz CT molecular complexity index is 507. The van der Waals surface area contributed by atoms with Crippen LogP contribution in [0.1, 0.15) is 38.2 Å². The van der Waals surface area contributed by atoms with Crippen molar-refractivity contribution in [1.29, 1.82) is 0 Å². The highest BCUT2D eigenvalue weighted by Gasteiger charge is 2.20. The monoisotopic (exact) mass is 320 g/mol. The van der Waals surface area contributed by atoms with Crippen LogP contribution in [0.15, 0.2) is 24.3 Å². The number of ether oxygens (including phenoxy) is 1. The zero-order valence-corrected chi connectivity index (χ0v) is 14.0. The van der Waals surface area contributed by atoms with Crippen molar-refractivity contribution in [2.75, 3.05) is 13.1 Å². The summed E-state index contributed by atoms with van der Waals surface area (Å²) >= 11 is 0. The lowest BCUT2D eigenvalue weighted by atomic mass is 9.87. The minimum atomic E-state index is -0.207. The van der Waals surface area contributed by atoms with Crippen LogP contribution < -0.4 is 15.4 Å². The van der Waals surface area contributed by atoms with Crippen molar-refractivity contribution < 1.29 is 14.6 Å². The van der Waals surface area contributed by atoms with Gasteiger partial charge in [0.1, 0.15) is 11.9 Å². The first kappa shape index (κ1) is 17.6. The van der Waals surface area contributed by atoms with E-state index in [-0.39, 0.29) is 18.2 Å². The number of para-hydroxylation sites is 1. The molecule has 1 aliphatic carbocycles. The van der Waals surface area contributed by atoms with E-state index in [2.05, 4.69) is 10.6 Å². The summed E-state index contributed by atoms with van der Waals surface area (Å²) in [5.41, 5.74) is 1.08. The van der Waals surface area contributed by atoms with Gasteiger partial charge in [0.2, 0.25) is 0 Å². The lowest BCUT2D eigenvalue weighted by Gasteiger charge is -2.26.